The van der Waals surface area contributed by atoms with Gasteiger partial charge in [0.05, 0.1) is 16.3 Å². The monoisotopic (exact) mass is 406 g/mol. The van der Waals surface area contributed by atoms with Gasteiger partial charge >= 0.3 is 6.18 Å². The highest BCUT2D eigenvalue weighted by Crippen LogP contribution is 2.30. The summed E-state index contributed by atoms with van der Waals surface area (Å²) in [5, 5.41) is 3.05. The number of rotatable bonds is 3. The van der Waals surface area contributed by atoms with Gasteiger partial charge in [0.1, 0.15) is 0 Å². The van der Waals surface area contributed by atoms with E-state index >= 15 is 0 Å². The van der Waals surface area contributed by atoms with Gasteiger partial charge in [0, 0.05) is 23.0 Å². The smallest absolute Gasteiger partial charge is 0.322 e. The van der Waals surface area contributed by atoms with Crippen molar-refractivity contribution in [1.29, 1.82) is 0 Å². The minimum atomic E-state index is -4.41. The quantitative estimate of drug-likeness (QED) is 0.525. The zero-order valence-electron chi connectivity index (χ0n) is 15.2. The van der Waals surface area contributed by atoms with Crippen molar-refractivity contribution in [2.24, 2.45) is 0 Å². The fraction of sp³-hybridized carbons (Fsp3) is 0.143. The molecule has 0 aliphatic carbocycles. The summed E-state index contributed by atoms with van der Waals surface area (Å²) in [6, 6.07) is 14.3. The second-order valence-corrected chi connectivity index (χ2v) is 5.85. The van der Waals surface area contributed by atoms with Gasteiger partial charge in [-0.1, -0.05) is 37.6 Å². The summed E-state index contributed by atoms with van der Waals surface area (Å²) in [7, 11) is 0. The normalized spacial score (nSPS) is 10.6. The van der Waals surface area contributed by atoms with Crippen LogP contribution in [0.1, 0.15) is 29.8 Å². The molecule has 0 fully saturated rings. The van der Waals surface area contributed by atoms with Crippen molar-refractivity contribution in [3.63, 3.8) is 0 Å². The van der Waals surface area contributed by atoms with Crippen LogP contribution < -0.4 is 5.32 Å². The van der Waals surface area contributed by atoms with Crippen molar-refractivity contribution in [2.45, 2.75) is 20.0 Å². The van der Waals surface area contributed by atoms with Crippen LogP contribution in [0.3, 0.4) is 0 Å². The SMILES string of the molecule is CC.O=C(Nc1ccc(C(F)(F)F)cc1)c1ccc(-c2ncccc2Cl)cc1. The molecule has 0 atom stereocenters. The highest BCUT2D eigenvalue weighted by atomic mass is 35.5. The molecule has 0 bridgehead atoms. The molecule has 3 nitrogen and oxygen atoms in total. The maximum Gasteiger partial charge on any atom is 0.416 e. The summed E-state index contributed by atoms with van der Waals surface area (Å²) in [4.78, 5) is 16.4. The number of halogens is 4. The van der Waals surface area contributed by atoms with Gasteiger partial charge in [-0.25, -0.2) is 0 Å². The molecular formula is C21H18ClF3N2O. The second-order valence-electron chi connectivity index (χ2n) is 5.44. The molecule has 0 aliphatic rings. The Hall–Kier alpha value is -2.86. The van der Waals surface area contributed by atoms with Crippen LogP contribution in [0, 0.1) is 0 Å². The van der Waals surface area contributed by atoms with Crippen molar-refractivity contribution in [3.05, 3.63) is 83.0 Å². The molecular weight excluding hydrogens is 389 g/mol. The Bertz CT molecular complexity index is 924. The highest BCUT2D eigenvalue weighted by Gasteiger charge is 2.30. The van der Waals surface area contributed by atoms with E-state index in [1.165, 1.54) is 12.1 Å². The Kier molecular flexibility index (Phi) is 7.18. The number of amides is 1. The lowest BCUT2D eigenvalue weighted by molar-refractivity contribution is -0.137. The van der Waals surface area contributed by atoms with Crippen LogP contribution in [0.15, 0.2) is 66.9 Å². The number of carbonyl (C=O) groups excluding carboxylic acids is 1. The van der Waals surface area contributed by atoms with Gasteiger partial charge in [-0.2, -0.15) is 13.2 Å². The third kappa shape index (κ3) is 5.33. The molecule has 1 N–H and O–H groups in total. The summed E-state index contributed by atoms with van der Waals surface area (Å²) < 4.78 is 37.7. The number of pyridine rings is 1. The largest absolute Gasteiger partial charge is 0.416 e. The van der Waals surface area contributed by atoms with E-state index in [1.807, 2.05) is 13.8 Å². The van der Waals surface area contributed by atoms with Crippen molar-refractivity contribution in [2.75, 3.05) is 5.32 Å². The molecule has 28 heavy (non-hydrogen) atoms. The lowest BCUT2D eigenvalue weighted by Gasteiger charge is -2.09. The van der Waals surface area contributed by atoms with E-state index in [2.05, 4.69) is 10.3 Å². The van der Waals surface area contributed by atoms with Crippen molar-refractivity contribution in [3.8, 4) is 11.3 Å². The number of anilines is 1. The maximum atomic E-state index is 12.6. The molecule has 7 heteroatoms. The first-order valence-electron chi connectivity index (χ1n) is 8.54. The summed E-state index contributed by atoms with van der Waals surface area (Å²) in [5.74, 6) is -0.427. The number of alkyl halides is 3. The van der Waals surface area contributed by atoms with Gasteiger partial charge in [0.25, 0.3) is 5.91 Å². The minimum Gasteiger partial charge on any atom is -0.322 e. The summed E-state index contributed by atoms with van der Waals surface area (Å²) >= 11 is 6.09. The predicted octanol–water partition coefficient (Wildman–Crippen LogP) is 6.70. The van der Waals surface area contributed by atoms with Crippen molar-refractivity contribution in [1.82, 2.24) is 4.98 Å². The molecule has 3 aromatic rings. The van der Waals surface area contributed by atoms with Gasteiger partial charge in [-0.15, -0.1) is 0 Å². The third-order valence-corrected chi connectivity index (χ3v) is 3.95. The molecule has 0 saturated carbocycles. The Morgan fingerprint density at radius 1 is 0.964 bits per heavy atom. The fourth-order valence-corrected chi connectivity index (χ4v) is 2.55. The molecule has 0 unspecified atom stereocenters. The second kappa shape index (κ2) is 9.37. The first-order valence-corrected chi connectivity index (χ1v) is 8.92. The van der Waals surface area contributed by atoms with Crippen LogP contribution in [0.5, 0.6) is 0 Å². The lowest BCUT2D eigenvalue weighted by atomic mass is 10.1. The first-order chi connectivity index (χ1) is 13.3. The zero-order chi connectivity index (χ0) is 20.7. The van der Waals surface area contributed by atoms with E-state index in [1.54, 1.807) is 42.6 Å². The standard InChI is InChI=1S/C19H12ClF3N2O.C2H6/c20-16-2-1-11-24-17(16)12-3-5-13(6-4-12)18(26)25-15-9-7-14(8-10-15)19(21,22)23;1-2/h1-11H,(H,25,26);1-2H3. The summed E-state index contributed by atoms with van der Waals surface area (Å²) in [6.07, 6.45) is -2.79. The summed E-state index contributed by atoms with van der Waals surface area (Å²) in [5.41, 5.74) is 1.22. The van der Waals surface area contributed by atoms with Crippen LogP contribution in [-0.2, 0) is 6.18 Å². The van der Waals surface area contributed by atoms with E-state index < -0.39 is 17.6 Å². The van der Waals surface area contributed by atoms with E-state index in [4.69, 9.17) is 11.6 Å². The molecule has 3 rings (SSSR count). The Labute approximate surface area is 166 Å². The predicted molar refractivity (Wildman–Crippen MR) is 105 cm³/mol. The van der Waals surface area contributed by atoms with Gasteiger partial charge in [0.15, 0.2) is 0 Å². The fourth-order valence-electron chi connectivity index (χ4n) is 2.32. The number of hydrogen-bond donors (Lipinski definition) is 1. The van der Waals surface area contributed by atoms with Gasteiger partial charge in [-0.3, -0.25) is 9.78 Å². The molecule has 0 radical (unpaired) electrons. The van der Waals surface area contributed by atoms with Crippen LogP contribution in [0.2, 0.25) is 5.02 Å². The van der Waals surface area contributed by atoms with Gasteiger partial charge < -0.3 is 5.32 Å². The average molecular weight is 407 g/mol. The molecule has 0 saturated heterocycles. The van der Waals surface area contributed by atoms with Crippen molar-refractivity contribution >= 4 is 23.2 Å². The molecule has 0 spiro atoms. The topological polar surface area (TPSA) is 42.0 Å². The van der Waals surface area contributed by atoms with Crippen LogP contribution in [-0.4, -0.2) is 10.9 Å². The molecule has 146 valence electrons. The number of nitrogens with one attached hydrogen (secondary N) is 1. The van der Waals surface area contributed by atoms with E-state index in [0.29, 0.717) is 16.3 Å². The number of nitrogens with zero attached hydrogens (tertiary/aromatic N) is 1. The van der Waals surface area contributed by atoms with Crippen LogP contribution >= 0.6 is 11.6 Å². The Balaban J connectivity index is 0.00000136. The Morgan fingerprint density at radius 2 is 1.57 bits per heavy atom. The highest BCUT2D eigenvalue weighted by molar-refractivity contribution is 6.33. The van der Waals surface area contributed by atoms with E-state index in [-0.39, 0.29) is 5.69 Å². The van der Waals surface area contributed by atoms with Crippen LogP contribution in [0.25, 0.3) is 11.3 Å². The maximum absolute atomic E-state index is 12.6. The van der Waals surface area contributed by atoms with Gasteiger partial charge in [-0.05, 0) is 48.5 Å². The van der Waals surface area contributed by atoms with Crippen molar-refractivity contribution < 1.29 is 18.0 Å². The number of aromatic nitrogens is 1. The lowest BCUT2D eigenvalue weighted by Crippen LogP contribution is -2.12. The number of carbonyl (C=O) groups is 1. The molecule has 1 amide bonds. The van der Waals surface area contributed by atoms with Gasteiger partial charge in [0.2, 0.25) is 0 Å². The van der Waals surface area contributed by atoms with Crippen LogP contribution in [0.4, 0.5) is 18.9 Å². The number of benzene rings is 2. The van der Waals surface area contributed by atoms with E-state index in [0.717, 1.165) is 17.7 Å². The van der Waals surface area contributed by atoms with E-state index in [9.17, 15) is 18.0 Å². The summed E-state index contributed by atoms with van der Waals surface area (Å²) in [6.45, 7) is 4.00. The zero-order valence-corrected chi connectivity index (χ0v) is 16.0. The minimum absolute atomic E-state index is 0.278. The molecule has 0 aliphatic heterocycles. The number of hydrogen-bond acceptors (Lipinski definition) is 2. The molecule has 1 aromatic heterocycles. The molecule has 1 heterocycles. The third-order valence-electron chi connectivity index (χ3n) is 3.65. The average Bonchev–Trinajstić information content (AvgIpc) is 2.70. The Morgan fingerprint density at radius 3 is 2.11 bits per heavy atom. The molecule has 2 aromatic carbocycles. The first kappa shape index (κ1) is 21.4.